The van der Waals surface area contributed by atoms with E-state index in [1.54, 1.807) is 18.2 Å². The van der Waals surface area contributed by atoms with Crippen LogP contribution in [0.2, 0.25) is 0 Å². The summed E-state index contributed by atoms with van der Waals surface area (Å²) < 4.78 is 12.0. The first-order valence-corrected chi connectivity index (χ1v) is 8.33. The number of para-hydroxylation sites is 1. The molecule has 0 bridgehead atoms. The van der Waals surface area contributed by atoms with Gasteiger partial charge in [-0.1, -0.05) is 36.4 Å². The van der Waals surface area contributed by atoms with Gasteiger partial charge >= 0.3 is 12.1 Å². The predicted molar refractivity (Wildman–Crippen MR) is 100 cm³/mol. The second-order valence-electron chi connectivity index (χ2n) is 6.94. The molecular formula is C21H21NO4. The fourth-order valence-electron chi connectivity index (χ4n) is 2.85. The molecule has 0 amide bonds. The molecule has 134 valence electrons. The van der Waals surface area contributed by atoms with E-state index in [4.69, 9.17) is 9.47 Å². The highest BCUT2D eigenvalue weighted by molar-refractivity contribution is 6.02. The molecule has 0 aliphatic carbocycles. The van der Waals surface area contributed by atoms with Crippen molar-refractivity contribution in [3.8, 4) is 11.3 Å². The van der Waals surface area contributed by atoms with Crippen molar-refractivity contribution in [3.63, 3.8) is 0 Å². The smallest absolute Gasteiger partial charge is 0.419 e. The number of hydrogen-bond donors (Lipinski definition) is 0. The van der Waals surface area contributed by atoms with Crippen LogP contribution in [0.1, 0.15) is 31.1 Å². The van der Waals surface area contributed by atoms with Crippen LogP contribution in [-0.4, -0.2) is 29.3 Å². The summed E-state index contributed by atoms with van der Waals surface area (Å²) in [7, 11) is 1.34. The van der Waals surface area contributed by atoms with Gasteiger partial charge in [0.05, 0.1) is 23.9 Å². The third-order valence-electron chi connectivity index (χ3n) is 3.90. The molecule has 0 spiro atoms. The lowest BCUT2D eigenvalue weighted by Gasteiger charge is -2.21. The lowest BCUT2D eigenvalue weighted by molar-refractivity contribution is 0.0543. The van der Waals surface area contributed by atoms with Gasteiger partial charge in [-0.05, 0) is 39.0 Å². The van der Waals surface area contributed by atoms with E-state index < -0.39 is 17.7 Å². The van der Waals surface area contributed by atoms with Gasteiger partial charge in [0, 0.05) is 10.9 Å². The molecule has 0 atom stereocenters. The highest BCUT2D eigenvalue weighted by atomic mass is 16.6. The summed E-state index contributed by atoms with van der Waals surface area (Å²) in [6, 6.07) is 16.5. The molecule has 0 fully saturated rings. The number of ether oxygens (including phenoxy) is 2. The molecule has 1 aromatic heterocycles. The first-order valence-electron chi connectivity index (χ1n) is 8.33. The fraction of sp³-hybridized carbons (Fsp3) is 0.238. The van der Waals surface area contributed by atoms with E-state index in [2.05, 4.69) is 0 Å². The lowest BCUT2D eigenvalue weighted by atomic mass is 10.0. The molecule has 0 aliphatic heterocycles. The lowest BCUT2D eigenvalue weighted by Crippen LogP contribution is -2.27. The van der Waals surface area contributed by atoms with E-state index in [1.165, 1.54) is 11.7 Å². The zero-order valence-electron chi connectivity index (χ0n) is 15.3. The SMILES string of the molecule is COC(=O)c1ccccc1-c1cc2ccccc2n1C(=O)OC(C)(C)C. The number of rotatable bonds is 2. The molecular weight excluding hydrogens is 330 g/mol. The van der Waals surface area contributed by atoms with E-state index in [-0.39, 0.29) is 0 Å². The van der Waals surface area contributed by atoms with Gasteiger partial charge in [0.25, 0.3) is 0 Å². The van der Waals surface area contributed by atoms with Crippen molar-refractivity contribution in [2.75, 3.05) is 7.11 Å². The van der Waals surface area contributed by atoms with Gasteiger partial charge in [-0.25, -0.2) is 14.2 Å². The van der Waals surface area contributed by atoms with E-state index in [9.17, 15) is 9.59 Å². The van der Waals surface area contributed by atoms with Crippen molar-refractivity contribution in [1.29, 1.82) is 0 Å². The summed E-state index contributed by atoms with van der Waals surface area (Å²) in [4.78, 5) is 25.1. The number of nitrogens with zero attached hydrogens (tertiary/aromatic N) is 1. The predicted octanol–water partition coefficient (Wildman–Crippen LogP) is 4.88. The molecule has 0 radical (unpaired) electrons. The van der Waals surface area contributed by atoms with E-state index >= 15 is 0 Å². The highest BCUT2D eigenvalue weighted by Gasteiger charge is 2.24. The number of esters is 1. The fourth-order valence-corrected chi connectivity index (χ4v) is 2.85. The Hall–Kier alpha value is -3.08. The molecule has 5 nitrogen and oxygen atoms in total. The molecule has 1 heterocycles. The zero-order valence-corrected chi connectivity index (χ0v) is 15.3. The summed E-state index contributed by atoms with van der Waals surface area (Å²) >= 11 is 0. The van der Waals surface area contributed by atoms with Crippen LogP contribution in [0.25, 0.3) is 22.2 Å². The van der Waals surface area contributed by atoms with Crippen LogP contribution in [0.3, 0.4) is 0 Å². The van der Waals surface area contributed by atoms with Crippen LogP contribution >= 0.6 is 0 Å². The van der Waals surface area contributed by atoms with Crippen LogP contribution < -0.4 is 0 Å². The number of hydrogen-bond acceptors (Lipinski definition) is 4. The maximum absolute atomic E-state index is 12.9. The molecule has 0 aliphatic rings. The van der Waals surface area contributed by atoms with Gasteiger partial charge in [-0.3, -0.25) is 0 Å². The average molecular weight is 351 g/mol. The summed E-state index contributed by atoms with van der Waals surface area (Å²) in [6.07, 6.45) is -0.492. The number of aromatic nitrogens is 1. The molecule has 0 N–H and O–H groups in total. The van der Waals surface area contributed by atoms with Crippen LogP contribution in [0.15, 0.2) is 54.6 Å². The maximum atomic E-state index is 12.9. The van der Waals surface area contributed by atoms with Crippen LogP contribution in [-0.2, 0) is 9.47 Å². The van der Waals surface area contributed by atoms with Gasteiger partial charge < -0.3 is 9.47 Å². The van der Waals surface area contributed by atoms with Crippen molar-refractivity contribution in [1.82, 2.24) is 4.57 Å². The number of methoxy groups -OCH3 is 1. The number of carbonyl (C=O) groups is 2. The van der Waals surface area contributed by atoms with E-state index in [0.29, 0.717) is 16.8 Å². The Morgan fingerprint density at radius 3 is 2.31 bits per heavy atom. The summed E-state index contributed by atoms with van der Waals surface area (Å²) in [5.74, 6) is -0.457. The van der Waals surface area contributed by atoms with E-state index in [0.717, 1.165) is 10.9 Å². The Kier molecular flexibility index (Phi) is 4.55. The Bertz CT molecular complexity index is 979. The van der Waals surface area contributed by atoms with Crippen molar-refractivity contribution < 1.29 is 19.1 Å². The minimum absolute atomic E-state index is 0.391. The highest BCUT2D eigenvalue weighted by Crippen LogP contribution is 2.31. The van der Waals surface area contributed by atoms with Gasteiger partial charge in [0.2, 0.25) is 0 Å². The Morgan fingerprint density at radius 2 is 1.62 bits per heavy atom. The molecule has 0 unspecified atom stereocenters. The molecule has 0 saturated heterocycles. The molecule has 26 heavy (non-hydrogen) atoms. The first kappa shape index (κ1) is 17.7. The topological polar surface area (TPSA) is 57.5 Å². The Morgan fingerprint density at radius 1 is 0.962 bits per heavy atom. The van der Waals surface area contributed by atoms with Gasteiger partial charge in [0.1, 0.15) is 5.60 Å². The first-order chi connectivity index (χ1) is 12.3. The van der Waals surface area contributed by atoms with Crippen molar-refractivity contribution in [3.05, 3.63) is 60.2 Å². The van der Waals surface area contributed by atoms with Crippen molar-refractivity contribution >= 4 is 23.0 Å². The van der Waals surface area contributed by atoms with Crippen LogP contribution in [0, 0.1) is 0 Å². The van der Waals surface area contributed by atoms with Gasteiger partial charge in [0.15, 0.2) is 0 Å². The molecule has 5 heteroatoms. The molecule has 3 rings (SSSR count). The minimum Gasteiger partial charge on any atom is -0.465 e. The summed E-state index contributed by atoms with van der Waals surface area (Å²) in [6.45, 7) is 5.45. The Labute approximate surface area is 152 Å². The second-order valence-corrected chi connectivity index (χ2v) is 6.94. The monoisotopic (exact) mass is 351 g/mol. The van der Waals surface area contributed by atoms with Crippen molar-refractivity contribution in [2.24, 2.45) is 0 Å². The van der Waals surface area contributed by atoms with Crippen molar-refractivity contribution in [2.45, 2.75) is 26.4 Å². The largest absolute Gasteiger partial charge is 0.465 e. The molecule has 0 saturated carbocycles. The summed E-state index contributed by atoms with van der Waals surface area (Å²) in [5, 5.41) is 0.882. The third-order valence-corrected chi connectivity index (χ3v) is 3.90. The zero-order chi connectivity index (χ0) is 18.9. The van der Waals surface area contributed by atoms with Crippen LogP contribution in [0.5, 0.6) is 0 Å². The van der Waals surface area contributed by atoms with Gasteiger partial charge in [-0.2, -0.15) is 0 Å². The van der Waals surface area contributed by atoms with E-state index in [1.807, 2.05) is 57.2 Å². The number of benzene rings is 2. The second kappa shape index (κ2) is 6.67. The number of carbonyl (C=O) groups excluding carboxylic acids is 2. The molecule has 3 aromatic rings. The average Bonchev–Trinajstić information content (AvgIpc) is 2.99. The number of fused-ring (bicyclic) bond motifs is 1. The minimum atomic E-state index is -0.637. The third kappa shape index (κ3) is 3.33. The maximum Gasteiger partial charge on any atom is 0.419 e. The van der Waals surface area contributed by atoms with Crippen LogP contribution in [0.4, 0.5) is 4.79 Å². The van der Waals surface area contributed by atoms with Gasteiger partial charge in [-0.15, -0.1) is 0 Å². The Balaban J connectivity index is 2.26. The quantitative estimate of drug-likeness (QED) is 0.618. The normalized spacial score (nSPS) is 11.4. The molecule has 2 aromatic carbocycles. The standard InChI is InChI=1S/C21H21NO4/c1-21(2,3)26-20(24)22-17-12-8-5-9-14(17)13-18(22)15-10-6-7-11-16(15)19(23)25-4/h5-13H,1-4H3. The summed E-state index contributed by atoms with van der Waals surface area (Å²) in [5.41, 5.74) is 1.67.